The maximum atomic E-state index is 6.40. The third-order valence-corrected chi connectivity index (χ3v) is 6.13. The minimum Gasteiger partial charge on any atom is -0.489 e. The minimum absolute atomic E-state index is 0.406. The van der Waals surface area contributed by atoms with Crippen LogP contribution in [0.15, 0.2) is 39.3 Å². The second-order valence-electron chi connectivity index (χ2n) is 7.77. The van der Waals surface area contributed by atoms with Gasteiger partial charge in [-0.2, -0.15) is 0 Å². The molecule has 1 atom stereocenters. The van der Waals surface area contributed by atoms with E-state index in [-0.39, 0.29) is 0 Å². The van der Waals surface area contributed by atoms with Crippen LogP contribution >= 0.6 is 0 Å². The van der Waals surface area contributed by atoms with Crippen molar-refractivity contribution >= 4 is 11.8 Å². The van der Waals surface area contributed by atoms with Gasteiger partial charge in [0.2, 0.25) is 0 Å². The molecule has 4 rings (SSSR count). The average molecular weight is 367 g/mol. The molecule has 1 saturated carbocycles. The first-order chi connectivity index (χ1) is 13.1. The zero-order valence-electron chi connectivity index (χ0n) is 16.6. The normalized spacial score (nSPS) is 24.9. The highest BCUT2D eigenvalue weighted by atomic mass is 16.5. The van der Waals surface area contributed by atoms with E-state index in [1.807, 2.05) is 27.0 Å². The summed E-state index contributed by atoms with van der Waals surface area (Å²) in [4.78, 5) is 7.15. The van der Waals surface area contributed by atoms with Gasteiger partial charge in [-0.15, -0.1) is 0 Å². The number of hydrogen-bond acceptors (Lipinski definition) is 5. The van der Waals surface area contributed by atoms with E-state index in [1.54, 1.807) is 0 Å². The molecule has 1 unspecified atom stereocenters. The number of nitrogens with zero attached hydrogens (tertiary/aromatic N) is 3. The van der Waals surface area contributed by atoms with Gasteiger partial charge in [0.05, 0.1) is 29.5 Å². The standard InChI is InChI=1S/C22H29N3O2/c1-5-18-21-22(14(2)20-15(3)24-27-16(20)4)26-13-19(25(21)12-11-23-18)17-9-7-6-8-10-17/h5,11,17,19H,2,6-10,12-13H2,1,3-4H3/b18-5+. The van der Waals surface area contributed by atoms with Crippen LogP contribution in [0.4, 0.5) is 0 Å². The van der Waals surface area contributed by atoms with E-state index in [4.69, 9.17) is 9.26 Å². The van der Waals surface area contributed by atoms with Gasteiger partial charge in [0.1, 0.15) is 18.1 Å². The summed E-state index contributed by atoms with van der Waals surface area (Å²) < 4.78 is 11.8. The Bertz CT molecular complexity index is 805. The molecule has 0 spiro atoms. The smallest absolute Gasteiger partial charge is 0.152 e. The highest BCUT2D eigenvalue weighted by molar-refractivity contribution is 5.80. The Morgan fingerprint density at radius 2 is 2.04 bits per heavy atom. The Hall–Kier alpha value is -2.30. The number of rotatable bonds is 3. The first-order valence-electron chi connectivity index (χ1n) is 10.1. The lowest BCUT2D eigenvalue weighted by atomic mass is 9.82. The molecule has 0 bridgehead atoms. The zero-order valence-corrected chi connectivity index (χ0v) is 16.6. The van der Waals surface area contributed by atoms with Crippen LogP contribution in [-0.4, -0.2) is 35.5 Å². The number of allylic oxidation sites excluding steroid dienone is 2. The topological polar surface area (TPSA) is 50.9 Å². The molecule has 0 amide bonds. The molecule has 3 heterocycles. The van der Waals surface area contributed by atoms with Crippen molar-refractivity contribution in [3.8, 4) is 0 Å². The average Bonchev–Trinajstić information content (AvgIpc) is 3.05. The summed E-state index contributed by atoms with van der Waals surface area (Å²) in [6, 6.07) is 0.406. The molecule has 144 valence electrons. The number of aromatic nitrogens is 1. The number of aryl methyl sites for hydroxylation is 2. The summed E-state index contributed by atoms with van der Waals surface area (Å²) in [6.45, 7) is 11.8. The van der Waals surface area contributed by atoms with Gasteiger partial charge in [-0.3, -0.25) is 4.99 Å². The van der Waals surface area contributed by atoms with Crippen LogP contribution in [0.5, 0.6) is 0 Å². The van der Waals surface area contributed by atoms with Crippen LogP contribution in [0.3, 0.4) is 0 Å². The quantitative estimate of drug-likeness (QED) is 0.771. The summed E-state index contributed by atoms with van der Waals surface area (Å²) in [5.41, 5.74) is 4.66. The van der Waals surface area contributed by atoms with Crippen LogP contribution in [0.25, 0.3) is 5.57 Å². The Morgan fingerprint density at radius 3 is 2.70 bits per heavy atom. The van der Waals surface area contributed by atoms with E-state index < -0.39 is 0 Å². The Morgan fingerprint density at radius 1 is 1.26 bits per heavy atom. The van der Waals surface area contributed by atoms with Gasteiger partial charge in [-0.1, -0.05) is 37.1 Å². The Balaban J connectivity index is 1.76. The van der Waals surface area contributed by atoms with Crippen molar-refractivity contribution in [2.24, 2.45) is 10.9 Å². The maximum absolute atomic E-state index is 6.40. The monoisotopic (exact) mass is 367 g/mol. The predicted octanol–water partition coefficient (Wildman–Crippen LogP) is 4.79. The fourth-order valence-electron chi connectivity index (χ4n) is 4.78. The molecular weight excluding hydrogens is 338 g/mol. The first kappa shape index (κ1) is 18.1. The van der Waals surface area contributed by atoms with Gasteiger partial charge in [-0.25, -0.2) is 0 Å². The predicted molar refractivity (Wildman–Crippen MR) is 107 cm³/mol. The molecule has 0 radical (unpaired) electrons. The van der Waals surface area contributed by atoms with E-state index in [2.05, 4.69) is 27.7 Å². The fraction of sp³-hybridized carbons (Fsp3) is 0.545. The Kier molecular flexibility index (Phi) is 4.94. The SMILES string of the molecule is C=C(C1=C2/C(=C\C)N=CCN2C(C2CCCCC2)CO1)c1c(C)noc1C. The van der Waals surface area contributed by atoms with Crippen LogP contribution in [0.2, 0.25) is 0 Å². The van der Waals surface area contributed by atoms with Gasteiger partial charge in [-0.05, 0) is 39.5 Å². The van der Waals surface area contributed by atoms with Crippen molar-refractivity contribution in [3.05, 3.63) is 46.8 Å². The maximum Gasteiger partial charge on any atom is 0.152 e. The lowest BCUT2D eigenvalue weighted by molar-refractivity contribution is 0.0496. The summed E-state index contributed by atoms with van der Waals surface area (Å²) in [7, 11) is 0. The van der Waals surface area contributed by atoms with Gasteiger partial charge in [0.15, 0.2) is 5.76 Å². The number of hydrogen-bond donors (Lipinski definition) is 0. The van der Waals surface area contributed by atoms with Gasteiger partial charge >= 0.3 is 0 Å². The number of fused-ring (bicyclic) bond motifs is 1. The van der Waals surface area contributed by atoms with E-state index in [1.165, 1.54) is 32.1 Å². The van der Waals surface area contributed by atoms with E-state index in [0.717, 1.165) is 46.3 Å². The zero-order chi connectivity index (χ0) is 19.0. The lowest BCUT2D eigenvalue weighted by Gasteiger charge is -2.45. The lowest BCUT2D eigenvalue weighted by Crippen LogP contribution is -2.49. The van der Waals surface area contributed by atoms with Crippen LogP contribution in [0.1, 0.15) is 56.0 Å². The molecule has 0 N–H and O–H groups in total. The van der Waals surface area contributed by atoms with Gasteiger partial charge in [0.25, 0.3) is 0 Å². The third kappa shape index (κ3) is 3.13. The van der Waals surface area contributed by atoms with Crippen LogP contribution in [-0.2, 0) is 4.74 Å². The molecule has 1 fully saturated rings. The third-order valence-electron chi connectivity index (χ3n) is 6.13. The molecular formula is C22H29N3O2. The van der Waals surface area contributed by atoms with Crippen molar-refractivity contribution in [1.82, 2.24) is 10.1 Å². The van der Waals surface area contributed by atoms with Crippen molar-refractivity contribution in [2.45, 2.75) is 58.9 Å². The molecule has 5 heteroatoms. The highest BCUT2D eigenvalue weighted by Crippen LogP contribution is 2.41. The van der Waals surface area contributed by atoms with Gasteiger partial charge < -0.3 is 14.2 Å². The second-order valence-corrected chi connectivity index (χ2v) is 7.77. The molecule has 0 saturated heterocycles. The summed E-state index contributed by atoms with van der Waals surface area (Å²) in [5.74, 6) is 2.28. The van der Waals surface area contributed by atoms with Crippen LogP contribution in [0, 0.1) is 19.8 Å². The summed E-state index contributed by atoms with van der Waals surface area (Å²) in [5, 5.41) is 4.09. The van der Waals surface area contributed by atoms with Crippen molar-refractivity contribution in [3.63, 3.8) is 0 Å². The molecule has 1 aromatic rings. The number of aliphatic imine (C=N–C) groups is 1. The fourth-order valence-corrected chi connectivity index (χ4v) is 4.78. The molecule has 0 aromatic carbocycles. The molecule has 27 heavy (non-hydrogen) atoms. The summed E-state index contributed by atoms with van der Waals surface area (Å²) in [6.07, 6.45) is 10.7. The molecule has 1 aromatic heterocycles. The second kappa shape index (κ2) is 7.37. The highest BCUT2D eigenvalue weighted by Gasteiger charge is 2.39. The van der Waals surface area contributed by atoms with Crippen molar-refractivity contribution in [2.75, 3.05) is 13.2 Å². The van der Waals surface area contributed by atoms with E-state index >= 15 is 0 Å². The minimum atomic E-state index is 0.406. The first-order valence-corrected chi connectivity index (χ1v) is 10.1. The molecule has 3 aliphatic rings. The van der Waals surface area contributed by atoms with Crippen LogP contribution < -0.4 is 0 Å². The molecule has 5 nitrogen and oxygen atoms in total. The van der Waals surface area contributed by atoms with E-state index in [0.29, 0.717) is 18.6 Å². The summed E-state index contributed by atoms with van der Waals surface area (Å²) >= 11 is 0. The van der Waals surface area contributed by atoms with Crippen molar-refractivity contribution < 1.29 is 9.26 Å². The Labute approximate surface area is 161 Å². The molecule has 2 aliphatic heterocycles. The van der Waals surface area contributed by atoms with Gasteiger partial charge in [0, 0.05) is 11.8 Å². The largest absolute Gasteiger partial charge is 0.489 e. The molecule has 1 aliphatic carbocycles. The van der Waals surface area contributed by atoms with Crippen molar-refractivity contribution in [1.29, 1.82) is 0 Å². The van der Waals surface area contributed by atoms with E-state index in [9.17, 15) is 0 Å². The number of ether oxygens (including phenoxy) is 1.